The molecule has 0 unspecified atom stereocenters. The summed E-state index contributed by atoms with van der Waals surface area (Å²) in [5, 5.41) is 5.09. The van der Waals surface area contributed by atoms with Gasteiger partial charge >= 0.3 is 0 Å². The van der Waals surface area contributed by atoms with Crippen molar-refractivity contribution >= 4 is 11.0 Å². The Morgan fingerprint density at radius 1 is 1.12 bits per heavy atom. The molecule has 0 fully saturated rings. The Morgan fingerprint density at radius 2 is 1.88 bits per heavy atom. The number of aryl methyl sites for hydroxylation is 2. The molecule has 174 valence electrons. The summed E-state index contributed by atoms with van der Waals surface area (Å²) in [7, 11) is 0. The van der Waals surface area contributed by atoms with E-state index in [1.165, 1.54) is 18.6 Å². The van der Waals surface area contributed by atoms with Gasteiger partial charge in [-0.15, -0.1) is 0 Å². The normalized spacial score (nSPS) is 13.2. The van der Waals surface area contributed by atoms with Crippen molar-refractivity contribution in [3.8, 4) is 0 Å². The maximum Gasteiger partial charge on any atom is 0.256 e. The van der Waals surface area contributed by atoms with Crippen molar-refractivity contribution in [1.29, 1.82) is 0 Å². The first-order valence-electron chi connectivity index (χ1n) is 12.1. The van der Waals surface area contributed by atoms with Gasteiger partial charge in [0, 0.05) is 41.6 Å². The molecule has 2 aromatic heterocycles. The third-order valence-electron chi connectivity index (χ3n) is 6.20. The van der Waals surface area contributed by atoms with Gasteiger partial charge in [-0.3, -0.25) is 9.36 Å². The fraction of sp³-hybridized carbons (Fsp3) is 0.577. The van der Waals surface area contributed by atoms with Gasteiger partial charge in [-0.1, -0.05) is 45.2 Å². The molecule has 4 rings (SSSR count). The molecule has 1 aliphatic rings. The molecule has 0 saturated carbocycles. The van der Waals surface area contributed by atoms with E-state index in [1.807, 2.05) is 11.5 Å². The second kappa shape index (κ2) is 11.4. The highest BCUT2D eigenvalue weighted by atomic mass is 19.1. The average Bonchev–Trinajstić information content (AvgIpc) is 3.20. The van der Waals surface area contributed by atoms with Gasteiger partial charge in [-0.05, 0) is 51.2 Å². The summed E-state index contributed by atoms with van der Waals surface area (Å²) < 4.78 is 20.1. The zero-order valence-corrected chi connectivity index (χ0v) is 19.9. The number of hydrogen-bond donors (Lipinski definition) is 0. The van der Waals surface area contributed by atoms with E-state index < -0.39 is 0 Å². The molecule has 32 heavy (non-hydrogen) atoms. The molecular weight excluding hydrogens is 405 g/mol. The lowest BCUT2D eigenvalue weighted by atomic mass is 9.93. The number of aromatic nitrogens is 3. The molecule has 3 aromatic rings. The first kappa shape index (κ1) is 24.1. The highest BCUT2D eigenvalue weighted by Crippen LogP contribution is 2.31. The summed E-state index contributed by atoms with van der Waals surface area (Å²) in [5.74, 6) is 1.14. The third-order valence-corrected chi connectivity index (χ3v) is 6.20. The minimum Gasteiger partial charge on any atom is -0.356 e. The van der Waals surface area contributed by atoms with Crippen LogP contribution >= 0.6 is 0 Å². The van der Waals surface area contributed by atoms with E-state index in [4.69, 9.17) is 4.52 Å². The molecule has 0 radical (unpaired) electrons. The highest BCUT2D eigenvalue weighted by molar-refractivity contribution is 5.79. The van der Waals surface area contributed by atoms with Crippen LogP contribution in [0.4, 0.5) is 4.39 Å². The van der Waals surface area contributed by atoms with Crippen LogP contribution in [-0.2, 0) is 19.4 Å². The molecule has 0 N–H and O–H groups in total. The largest absolute Gasteiger partial charge is 0.356 e. The van der Waals surface area contributed by atoms with Crippen LogP contribution in [0.5, 0.6) is 0 Å². The predicted molar refractivity (Wildman–Crippen MR) is 127 cm³/mol. The average molecular weight is 442 g/mol. The Bertz CT molecular complexity index is 1080. The Kier molecular flexibility index (Phi) is 8.60. The first-order chi connectivity index (χ1) is 15.5. The molecule has 1 aromatic carbocycles. The lowest BCUT2D eigenvalue weighted by molar-refractivity contribution is 0.424. The fourth-order valence-corrected chi connectivity index (χ4v) is 4.61. The van der Waals surface area contributed by atoms with Gasteiger partial charge < -0.3 is 4.52 Å². The minimum absolute atomic E-state index is 0.207. The number of hydrogen-bond acceptors (Lipinski definition) is 4. The van der Waals surface area contributed by atoms with Crippen molar-refractivity contribution in [2.45, 2.75) is 97.9 Å². The summed E-state index contributed by atoms with van der Waals surface area (Å²) in [6, 6.07) is 4.65. The van der Waals surface area contributed by atoms with Crippen LogP contribution in [0.1, 0.15) is 94.4 Å². The molecule has 5 nitrogen and oxygen atoms in total. The second-order valence-corrected chi connectivity index (χ2v) is 8.74. The smallest absolute Gasteiger partial charge is 0.256 e. The molecule has 1 aliphatic heterocycles. The molecule has 0 atom stereocenters. The summed E-state index contributed by atoms with van der Waals surface area (Å²) in [4.78, 5) is 16.7. The van der Waals surface area contributed by atoms with Gasteiger partial charge in [-0.25, -0.2) is 9.37 Å². The van der Waals surface area contributed by atoms with Crippen molar-refractivity contribution < 1.29 is 8.91 Å². The molecule has 6 heteroatoms. The van der Waals surface area contributed by atoms with E-state index in [0.717, 1.165) is 86.1 Å². The van der Waals surface area contributed by atoms with E-state index in [1.54, 1.807) is 6.07 Å². The number of benzene rings is 1. The van der Waals surface area contributed by atoms with Crippen molar-refractivity contribution in [1.82, 2.24) is 14.7 Å². The van der Waals surface area contributed by atoms with Crippen molar-refractivity contribution in [3.05, 3.63) is 57.1 Å². The van der Waals surface area contributed by atoms with E-state index in [2.05, 4.69) is 30.9 Å². The van der Waals surface area contributed by atoms with E-state index in [0.29, 0.717) is 11.5 Å². The summed E-state index contributed by atoms with van der Waals surface area (Å²) in [6.45, 7) is 9.26. The van der Waals surface area contributed by atoms with Crippen LogP contribution in [0, 0.1) is 12.7 Å². The van der Waals surface area contributed by atoms with Gasteiger partial charge in [0.2, 0.25) is 0 Å². The monoisotopic (exact) mass is 441 g/mol. The summed E-state index contributed by atoms with van der Waals surface area (Å²) >= 11 is 0. The number of rotatable bonds is 7. The number of fused-ring (bicyclic) bond motifs is 2. The number of nitrogens with zero attached hydrogens (tertiary/aromatic N) is 3. The topological polar surface area (TPSA) is 60.9 Å². The van der Waals surface area contributed by atoms with Gasteiger partial charge in [0.1, 0.15) is 11.6 Å². The standard InChI is InChI=1S/C14H18FNO.C12H18N2O/c1-3-5-10(6-4-2)14-12-8-7-11(15)9-13(12)17-16-14;1-3-6-10-9(2)13-11-7-4-5-8-14(11)12(10)15/h7-10H,3-6H2,1-2H3;3-8H2,1-2H3. The van der Waals surface area contributed by atoms with Gasteiger partial charge in [0.25, 0.3) is 5.56 Å². The lowest BCUT2D eigenvalue weighted by Gasteiger charge is -2.19. The Hall–Kier alpha value is -2.50. The van der Waals surface area contributed by atoms with Crippen LogP contribution in [0.3, 0.4) is 0 Å². The van der Waals surface area contributed by atoms with Crippen molar-refractivity contribution in [2.24, 2.45) is 0 Å². The zero-order valence-electron chi connectivity index (χ0n) is 19.9. The van der Waals surface area contributed by atoms with E-state index in [-0.39, 0.29) is 11.4 Å². The lowest BCUT2D eigenvalue weighted by Crippen LogP contribution is -2.31. The minimum atomic E-state index is -0.275. The quantitative estimate of drug-likeness (QED) is 0.420. The van der Waals surface area contributed by atoms with Crippen LogP contribution in [0.15, 0.2) is 27.5 Å². The fourth-order valence-electron chi connectivity index (χ4n) is 4.61. The van der Waals surface area contributed by atoms with Gasteiger partial charge in [0.05, 0.1) is 5.69 Å². The Balaban J connectivity index is 0.000000182. The maximum absolute atomic E-state index is 13.1. The number of halogens is 1. The molecular formula is C26H36FN3O2. The molecule has 3 heterocycles. The Labute approximate surface area is 190 Å². The van der Waals surface area contributed by atoms with Crippen molar-refractivity contribution in [3.63, 3.8) is 0 Å². The van der Waals surface area contributed by atoms with Crippen molar-refractivity contribution in [2.75, 3.05) is 0 Å². The van der Waals surface area contributed by atoms with E-state index in [9.17, 15) is 9.18 Å². The maximum atomic E-state index is 13.1. The summed E-state index contributed by atoms with van der Waals surface area (Å²) in [5.41, 5.74) is 3.61. The van der Waals surface area contributed by atoms with Gasteiger partial charge in [0.15, 0.2) is 5.58 Å². The van der Waals surface area contributed by atoms with Crippen LogP contribution < -0.4 is 5.56 Å². The molecule has 0 spiro atoms. The van der Waals surface area contributed by atoms with E-state index >= 15 is 0 Å². The molecule has 0 amide bonds. The van der Waals surface area contributed by atoms with Crippen LogP contribution in [0.2, 0.25) is 0 Å². The molecule has 0 bridgehead atoms. The van der Waals surface area contributed by atoms with Crippen LogP contribution in [0.25, 0.3) is 11.0 Å². The van der Waals surface area contributed by atoms with Crippen LogP contribution in [-0.4, -0.2) is 14.7 Å². The second-order valence-electron chi connectivity index (χ2n) is 8.74. The summed E-state index contributed by atoms with van der Waals surface area (Å²) in [6.07, 6.45) is 9.57. The molecule has 0 saturated heterocycles. The van der Waals surface area contributed by atoms with Gasteiger partial charge in [-0.2, -0.15) is 0 Å². The predicted octanol–water partition coefficient (Wildman–Crippen LogP) is 6.49. The SMILES string of the molecule is CCCC(CCC)c1noc2cc(F)ccc12.CCCc1c(C)nc2n(c1=O)CCCC2. The zero-order chi connectivity index (χ0) is 23.1. The first-order valence-corrected chi connectivity index (χ1v) is 12.1. The highest BCUT2D eigenvalue weighted by Gasteiger charge is 2.18. The molecule has 0 aliphatic carbocycles. The Morgan fingerprint density at radius 3 is 2.56 bits per heavy atom. The third kappa shape index (κ3) is 5.45.